The Labute approximate surface area is 141 Å². The Hall–Kier alpha value is -2.66. The summed E-state index contributed by atoms with van der Waals surface area (Å²) in [4.78, 5) is 26.3. The van der Waals surface area contributed by atoms with Crippen LogP contribution in [0.4, 0.5) is 11.4 Å². The molecule has 0 atom stereocenters. The number of ether oxygens (including phenoxy) is 1. The van der Waals surface area contributed by atoms with Crippen LogP contribution in [0.2, 0.25) is 0 Å². The summed E-state index contributed by atoms with van der Waals surface area (Å²) in [5, 5.41) is 2.89. The number of fused-ring (bicyclic) bond motifs is 1. The number of nitrogens with zero attached hydrogens (tertiary/aromatic N) is 1. The van der Waals surface area contributed by atoms with Crippen LogP contribution >= 0.6 is 0 Å². The molecule has 1 N–H and O–H groups in total. The molecule has 0 bridgehead atoms. The van der Waals surface area contributed by atoms with Crippen LogP contribution in [0.15, 0.2) is 48.5 Å². The highest BCUT2D eigenvalue weighted by atomic mass is 16.5. The van der Waals surface area contributed by atoms with E-state index in [1.807, 2.05) is 36.4 Å². The predicted octanol–water partition coefficient (Wildman–Crippen LogP) is 2.86. The SMILES string of the molecule is COCC(=O)N1CCCc2ccc(NC(=O)c3ccccc3)cc21. The van der Waals surface area contributed by atoms with E-state index in [0.29, 0.717) is 17.8 Å². The van der Waals surface area contributed by atoms with E-state index in [2.05, 4.69) is 5.32 Å². The zero-order valence-corrected chi connectivity index (χ0v) is 13.6. The number of carbonyl (C=O) groups is 2. The van der Waals surface area contributed by atoms with Crippen LogP contribution in [-0.2, 0) is 16.0 Å². The lowest BCUT2D eigenvalue weighted by Crippen LogP contribution is -2.37. The quantitative estimate of drug-likeness (QED) is 0.941. The number of hydrogen-bond acceptors (Lipinski definition) is 3. The molecular weight excluding hydrogens is 304 g/mol. The van der Waals surface area contributed by atoms with Crippen LogP contribution < -0.4 is 10.2 Å². The Morgan fingerprint density at radius 2 is 1.96 bits per heavy atom. The summed E-state index contributed by atoms with van der Waals surface area (Å²) in [6.45, 7) is 0.728. The lowest BCUT2D eigenvalue weighted by Gasteiger charge is -2.29. The van der Waals surface area contributed by atoms with Crippen molar-refractivity contribution in [1.29, 1.82) is 0 Å². The monoisotopic (exact) mass is 324 g/mol. The minimum absolute atomic E-state index is 0.0556. The molecule has 0 fully saturated rings. The Kier molecular flexibility index (Phi) is 4.91. The molecule has 1 heterocycles. The molecule has 0 aliphatic carbocycles. The fraction of sp³-hybridized carbons (Fsp3) is 0.263. The zero-order valence-electron chi connectivity index (χ0n) is 13.6. The fourth-order valence-electron chi connectivity index (χ4n) is 2.91. The summed E-state index contributed by atoms with van der Waals surface area (Å²) < 4.78 is 4.96. The molecule has 0 aromatic heterocycles. The normalized spacial score (nSPS) is 13.3. The Balaban J connectivity index is 1.83. The highest BCUT2D eigenvalue weighted by molar-refractivity contribution is 6.05. The first-order valence-corrected chi connectivity index (χ1v) is 7.97. The van der Waals surface area contributed by atoms with Gasteiger partial charge in [-0.1, -0.05) is 24.3 Å². The largest absolute Gasteiger partial charge is 0.375 e. The van der Waals surface area contributed by atoms with Gasteiger partial charge < -0.3 is 15.0 Å². The summed E-state index contributed by atoms with van der Waals surface area (Å²) in [5.41, 5.74) is 3.25. The number of hydrogen-bond donors (Lipinski definition) is 1. The van der Waals surface area contributed by atoms with Gasteiger partial charge in [0.15, 0.2) is 0 Å². The Morgan fingerprint density at radius 3 is 2.71 bits per heavy atom. The first-order valence-electron chi connectivity index (χ1n) is 7.97. The molecule has 5 nitrogen and oxygen atoms in total. The number of methoxy groups -OCH3 is 1. The third-order valence-electron chi connectivity index (χ3n) is 4.07. The van der Waals surface area contributed by atoms with Gasteiger partial charge in [0.25, 0.3) is 11.8 Å². The van der Waals surface area contributed by atoms with Crippen LogP contribution in [0.25, 0.3) is 0 Å². The maximum Gasteiger partial charge on any atom is 0.255 e. The van der Waals surface area contributed by atoms with Crippen molar-refractivity contribution in [3.8, 4) is 0 Å². The van der Waals surface area contributed by atoms with Gasteiger partial charge in [0.05, 0.1) is 0 Å². The maximum atomic E-state index is 12.3. The number of benzene rings is 2. The molecule has 0 saturated carbocycles. The highest BCUT2D eigenvalue weighted by Gasteiger charge is 2.22. The van der Waals surface area contributed by atoms with Gasteiger partial charge >= 0.3 is 0 Å². The molecule has 2 amide bonds. The molecular formula is C19H20N2O3. The lowest BCUT2D eigenvalue weighted by molar-refractivity contribution is -0.122. The van der Waals surface area contributed by atoms with Crippen LogP contribution in [0.3, 0.4) is 0 Å². The number of rotatable bonds is 4. The molecule has 1 aliphatic heterocycles. The third-order valence-corrected chi connectivity index (χ3v) is 4.07. The van der Waals surface area contributed by atoms with Gasteiger partial charge in [-0.05, 0) is 42.7 Å². The second kappa shape index (κ2) is 7.27. The van der Waals surface area contributed by atoms with Gasteiger partial charge in [-0.25, -0.2) is 0 Å². The van der Waals surface area contributed by atoms with Crippen molar-refractivity contribution in [2.75, 3.05) is 30.5 Å². The van der Waals surface area contributed by atoms with Crippen LogP contribution in [0.5, 0.6) is 0 Å². The van der Waals surface area contributed by atoms with Crippen LogP contribution in [0.1, 0.15) is 22.3 Å². The topological polar surface area (TPSA) is 58.6 Å². The second-order valence-corrected chi connectivity index (χ2v) is 5.75. The van der Waals surface area contributed by atoms with E-state index in [4.69, 9.17) is 4.74 Å². The van der Waals surface area contributed by atoms with Crippen molar-refractivity contribution in [3.63, 3.8) is 0 Å². The summed E-state index contributed by atoms with van der Waals surface area (Å²) in [6, 6.07) is 14.8. The van der Waals surface area contributed by atoms with Crippen molar-refractivity contribution < 1.29 is 14.3 Å². The summed E-state index contributed by atoms with van der Waals surface area (Å²) in [6.07, 6.45) is 1.86. The first-order chi connectivity index (χ1) is 11.7. The second-order valence-electron chi connectivity index (χ2n) is 5.75. The van der Waals surface area contributed by atoms with Gasteiger partial charge in [-0.15, -0.1) is 0 Å². The molecule has 3 rings (SSSR count). The van der Waals surface area contributed by atoms with Crippen molar-refractivity contribution in [2.45, 2.75) is 12.8 Å². The average Bonchev–Trinajstić information content (AvgIpc) is 2.62. The van der Waals surface area contributed by atoms with Crippen molar-refractivity contribution in [2.24, 2.45) is 0 Å². The first kappa shape index (κ1) is 16.2. The van der Waals surface area contributed by atoms with Gasteiger partial charge in [0.1, 0.15) is 6.61 Å². The standard InChI is InChI=1S/C19H20N2O3/c1-24-13-18(22)21-11-5-8-14-9-10-16(12-17(14)21)20-19(23)15-6-3-2-4-7-15/h2-4,6-7,9-10,12H,5,8,11,13H2,1H3,(H,20,23). The molecule has 0 unspecified atom stereocenters. The number of aryl methyl sites for hydroxylation is 1. The predicted molar refractivity (Wildman–Crippen MR) is 93.4 cm³/mol. The minimum Gasteiger partial charge on any atom is -0.375 e. The number of nitrogens with one attached hydrogen (secondary N) is 1. The van der Waals surface area contributed by atoms with Crippen molar-refractivity contribution >= 4 is 23.2 Å². The lowest BCUT2D eigenvalue weighted by atomic mass is 10.0. The molecule has 0 spiro atoms. The summed E-state index contributed by atoms with van der Waals surface area (Å²) in [5.74, 6) is -0.230. The van der Waals surface area contributed by atoms with E-state index in [9.17, 15) is 9.59 Å². The fourth-order valence-corrected chi connectivity index (χ4v) is 2.91. The Bertz CT molecular complexity index is 744. The molecule has 1 aliphatic rings. The Morgan fingerprint density at radius 1 is 1.17 bits per heavy atom. The highest BCUT2D eigenvalue weighted by Crippen LogP contribution is 2.30. The molecule has 0 radical (unpaired) electrons. The van der Waals surface area contributed by atoms with Crippen LogP contribution in [-0.4, -0.2) is 32.1 Å². The molecule has 24 heavy (non-hydrogen) atoms. The van der Waals surface area contributed by atoms with E-state index >= 15 is 0 Å². The molecule has 5 heteroatoms. The molecule has 124 valence electrons. The van der Waals surface area contributed by atoms with E-state index < -0.39 is 0 Å². The maximum absolute atomic E-state index is 12.3. The van der Waals surface area contributed by atoms with Gasteiger partial charge in [-0.2, -0.15) is 0 Å². The number of amides is 2. The van der Waals surface area contributed by atoms with Crippen molar-refractivity contribution in [3.05, 3.63) is 59.7 Å². The van der Waals surface area contributed by atoms with Gasteiger partial charge in [-0.3, -0.25) is 9.59 Å². The van der Waals surface area contributed by atoms with E-state index in [0.717, 1.165) is 24.1 Å². The molecule has 2 aromatic carbocycles. The smallest absolute Gasteiger partial charge is 0.255 e. The summed E-state index contributed by atoms with van der Waals surface area (Å²) >= 11 is 0. The molecule has 0 saturated heterocycles. The molecule has 2 aromatic rings. The zero-order chi connectivity index (χ0) is 16.9. The summed E-state index contributed by atoms with van der Waals surface area (Å²) in [7, 11) is 1.51. The van der Waals surface area contributed by atoms with E-state index in [-0.39, 0.29) is 18.4 Å². The minimum atomic E-state index is -0.166. The van der Waals surface area contributed by atoms with Gasteiger partial charge in [0, 0.05) is 30.6 Å². The number of carbonyl (C=O) groups excluding carboxylic acids is 2. The average molecular weight is 324 g/mol. The number of anilines is 2. The third kappa shape index (κ3) is 3.46. The van der Waals surface area contributed by atoms with Crippen molar-refractivity contribution in [1.82, 2.24) is 0 Å². The van der Waals surface area contributed by atoms with E-state index in [1.165, 1.54) is 7.11 Å². The van der Waals surface area contributed by atoms with Crippen LogP contribution in [0, 0.1) is 0 Å². The van der Waals surface area contributed by atoms with E-state index in [1.54, 1.807) is 17.0 Å². The van der Waals surface area contributed by atoms with Gasteiger partial charge in [0.2, 0.25) is 0 Å².